The summed E-state index contributed by atoms with van der Waals surface area (Å²) in [6.45, 7) is 2.95. The maximum atomic E-state index is 12.1. The molecule has 2 aromatic carbocycles. The van der Waals surface area contributed by atoms with Gasteiger partial charge in [0.25, 0.3) is 0 Å². The molecule has 5 heteroatoms. The maximum absolute atomic E-state index is 12.1. The van der Waals surface area contributed by atoms with Crippen LogP contribution in [0.3, 0.4) is 0 Å². The third-order valence-corrected chi connectivity index (χ3v) is 3.88. The number of rotatable bonds is 9. The molecule has 2 aromatic rings. The molecular formula is C22H25NO4. The molecule has 0 aliphatic heterocycles. The van der Waals surface area contributed by atoms with E-state index in [1.807, 2.05) is 54.6 Å². The van der Waals surface area contributed by atoms with Gasteiger partial charge in [-0.3, -0.25) is 9.59 Å². The fraction of sp³-hybridized carbons (Fsp3) is 0.273. The van der Waals surface area contributed by atoms with E-state index >= 15 is 0 Å². The van der Waals surface area contributed by atoms with Crippen LogP contribution in [0, 0.1) is 0 Å². The van der Waals surface area contributed by atoms with Crippen molar-refractivity contribution in [3.63, 3.8) is 0 Å². The first-order valence-electron chi connectivity index (χ1n) is 8.94. The van der Waals surface area contributed by atoms with Crippen LogP contribution < -0.4 is 4.74 Å². The molecule has 142 valence electrons. The second-order valence-corrected chi connectivity index (χ2v) is 5.99. The van der Waals surface area contributed by atoms with Crippen molar-refractivity contribution >= 4 is 18.0 Å². The van der Waals surface area contributed by atoms with Crippen molar-refractivity contribution in [3.8, 4) is 5.75 Å². The molecule has 0 aliphatic rings. The van der Waals surface area contributed by atoms with Crippen molar-refractivity contribution in [2.45, 2.75) is 20.0 Å². The third-order valence-electron chi connectivity index (χ3n) is 3.88. The molecule has 1 amide bonds. The van der Waals surface area contributed by atoms with E-state index in [2.05, 4.69) is 0 Å². The smallest absolute Gasteiger partial charge is 0.307 e. The van der Waals surface area contributed by atoms with Gasteiger partial charge in [-0.05, 0) is 36.3 Å². The highest BCUT2D eigenvalue weighted by molar-refractivity contribution is 5.91. The van der Waals surface area contributed by atoms with Gasteiger partial charge in [0.15, 0.2) is 0 Å². The summed E-state index contributed by atoms with van der Waals surface area (Å²) >= 11 is 0. The Morgan fingerprint density at radius 2 is 1.74 bits per heavy atom. The molecule has 0 spiro atoms. The molecule has 0 aromatic heterocycles. The average Bonchev–Trinajstić information content (AvgIpc) is 2.70. The largest absolute Gasteiger partial charge is 0.489 e. The standard InChI is InChI=1S/C22H25NO4/c1-3-26-22(25)15-16-23(2)21(24)14-11-18-9-12-20(13-10-18)27-17-19-7-5-4-6-8-19/h4-14H,3,15-17H2,1-2H3/b14-11+. The molecule has 0 atom stereocenters. The SMILES string of the molecule is CCOC(=O)CCN(C)C(=O)/C=C/c1ccc(OCc2ccccc2)cc1. The zero-order valence-corrected chi connectivity index (χ0v) is 15.8. The lowest BCUT2D eigenvalue weighted by Crippen LogP contribution is -2.27. The number of ether oxygens (including phenoxy) is 2. The normalized spacial score (nSPS) is 10.6. The molecule has 0 saturated carbocycles. The predicted octanol–water partition coefficient (Wildman–Crippen LogP) is 3.69. The van der Waals surface area contributed by atoms with E-state index in [0.717, 1.165) is 16.9 Å². The number of benzene rings is 2. The van der Waals surface area contributed by atoms with Crippen LogP contribution >= 0.6 is 0 Å². The number of carbonyl (C=O) groups excluding carboxylic acids is 2. The van der Waals surface area contributed by atoms with Gasteiger partial charge in [-0.25, -0.2) is 0 Å². The highest BCUT2D eigenvalue weighted by Crippen LogP contribution is 2.15. The third kappa shape index (κ3) is 7.36. The van der Waals surface area contributed by atoms with Gasteiger partial charge < -0.3 is 14.4 Å². The van der Waals surface area contributed by atoms with Crippen LogP contribution in [0.1, 0.15) is 24.5 Å². The molecule has 0 bridgehead atoms. The molecule has 0 unspecified atom stereocenters. The minimum absolute atomic E-state index is 0.163. The van der Waals surface area contributed by atoms with Gasteiger partial charge in [-0.2, -0.15) is 0 Å². The number of carbonyl (C=O) groups is 2. The van der Waals surface area contributed by atoms with Gasteiger partial charge in [-0.1, -0.05) is 42.5 Å². The van der Waals surface area contributed by atoms with Gasteiger partial charge in [0, 0.05) is 19.7 Å². The van der Waals surface area contributed by atoms with E-state index in [1.165, 1.54) is 11.0 Å². The molecule has 0 aliphatic carbocycles. The van der Waals surface area contributed by atoms with E-state index in [0.29, 0.717) is 19.8 Å². The zero-order valence-electron chi connectivity index (χ0n) is 15.8. The highest BCUT2D eigenvalue weighted by atomic mass is 16.5. The zero-order chi connectivity index (χ0) is 19.5. The van der Waals surface area contributed by atoms with E-state index in [9.17, 15) is 9.59 Å². The number of nitrogens with zero attached hydrogens (tertiary/aromatic N) is 1. The quantitative estimate of drug-likeness (QED) is 0.501. The minimum Gasteiger partial charge on any atom is -0.489 e. The van der Waals surface area contributed by atoms with E-state index in [1.54, 1.807) is 20.0 Å². The van der Waals surface area contributed by atoms with Crippen LogP contribution in [0.25, 0.3) is 6.08 Å². The van der Waals surface area contributed by atoms with Gasteiger partial charge in [0.05, 0.1) is 13.0 Å². The summed E-state index contributed by atoms with van der Waals surface area (Å²) < 4.78 is 10.6. The Morgan fingerprint density at radius 1 is 1.04 bits per heavy atom. The first kappa shape index (κ1) is 20.2. The van der Waals surface area contributed by atoms with Crippen molar-refractivity contribution in [2.75, 3.05) is 20.2 Å². The number of hydrogen-bond donors (Lipinski definition) is 0. The predicted molar refractivity (Wildman–Crippen MR) is 105 cm³/mol. The highest BCUT2D eigenvalue weighted by Gasteiger charge is 2.08. The molecular weight excluding hydrogens is 342 g/mol. The minimum atomic E-state index is -0.299. The summed E-state index contributed by atoms with van der Waals surface area (Å²) in [6.07, 6.45) is 3.42. The molecule has 5 nitrogen and oxygen atoms in total. The lowest BCUT2D eigenvalue weighted by Gasteiger charge is -2.14. The molecule has 0 radical (unpaired) electrons. The Labute approximate surface area is 160 Å². The fourth-order valence-electron chi connectivity index (χ4n) is 2.31. The van der Waals surface area contributed by atoms with Crippen LogP contribution in [-0.4, -0.2) is 37.0 Å². The van der Waals surface area contributed by atoms with Crippen molar-refractivity contribution in [3.05, 3.63) is 71.8 Å². The van der Waals surface area contributed by atoms with Gasteiger partial charge in [-0.15, -0.1) is 0 Å². The van der Waals surface area contributed by atoms with Gasteiger partial charge in [0.2, 0.25) is 5.91 Å². The first-order valence-corrected chi connectivity index (χ1v) is 8.94. The van der Waals surface area contributed by atoms with E-state index in [4.69, 9.17) is 9.47 Å². The molecule has 0 saturated heterocycles. The van der Waals surface area contributed by atoms with Crippen molar-refractivity contribution in [2.24, 2.45) is 0 Å². The fourth-order valence-corrected chi connectivity index (χ4v) is 2.31. The molecule has 27 heavy (non-hydrogen) atoms. The summed E-state index contributed by atoms with van der Waals surface area (Å²) in [7, 11) is 1.66. The maximum Gasteiger partial charge on any atom is 0.307 e. The van der Waals surface area contributed by atoms with Crippen LogP contribution in [0.15, 0.2) is 60.7 Å². The van der Waals surface area contributed by atoms with Crippen molar-refractivity contribution in [1.82, 2.24) is 4.90 Å². The summed E-state index contributed by atoms with van der Waals surface area (Å²) in [5.41, 5.74) is 2.01. The molecule has 2 rings (SSSR count). The van der Waals surface area contributed by atoms with E-state index < -0.39 is 0 Å². The van der Waals surface area contributed by atoms with E-state index in [-0.39, 0.29) is 18.3 Å². The van der Waals surface area contributed by atoms with Gasteiger partial charge >= 0.3 is 5.97 Å². The molecule has 0 heterocycles. The first-order chi connectivity index (χ1) is 13.1. The van der Waals surface area contributed by atoms with Crippen molar-refractivity contribution < 1.29 is 19.1 Å². The molecule has 0 fully saturated rings. The number of amides is 1. The topological polar surface area (TPSA) is 55.8 Å². The van der Waals surface area contributed by atoms with Crippen LogP contribution in [0.5, 0.6) is 5.75 Å². The Kier molecular flexibility index (Phi) is 8.10. The average molecular weight is 367 g/mol. The Hall–Kier alpha value is -3.08. The lowest BCUT2D eigenvalue weighted by atomic mass is 10.2. The monoisotopic (exact) mass is 367 g/mol. The summed E-state index contributed by atoms with van der Waals surface area (Å²) in [6, 6.07) is 17.5. The molecule has 0 N–H and O–H groups in total. The van der Waals surface area contributed by atoms with Crippen LogP contribution in [0.2, 0.25) is 0 Å². The summed E-state index contributed by atoms with van der Waals surface area (Å²) in [5, 5.41) is 0. The summed E-state index contributed by atoms with van der Waals surface area (Å²) in [4.78, 5) is 24.9. The Bertz CT molecular complexity index is 754. The van der Waals surface area contributed by atoms with Crippen LogP contribution in [0.4, 0.5) is 0 Å². The second kappa shape index (κ2) is 10.8. The number of likely N-dealkylation sites (N-methyl/N-ethyl adjacent to an activating group) is 1. The van der Waals surface area contributed by atoms with Crippen molar-refractivity contribution in [1.29, 1.82) is 0 Å². The number of esters is 1. The Balaban J connectivity index is 1.80. The Morgan fingerprint density at radius 3 is 2.41 bits per heavy atom. The summed E-state index contributed by atoms with van der Waals surface area (Å²) in [5.74, 6) is 0.310. The van der Waals surface area contributed by atoms with Gasteiger partial charge in [0.1, 0.15) is 12.4 Å². The van der Waals surface area contributed by atoms with Crippen LogP contribution in [-0.2, 0) is 20.9 Å². The number of hydrogen-bond acceptors (Lipinski definition) is 4. The second-order valence-electron chi connectivity index (χ2n) is 5.99. The lowest BCUT2D eigenvalue weighted by molar-refractivity contribution is -0.143.